The molecular weight excluding hydrogens is 269 g/mol. The minimum absolute atomic E-state index is 0.0759. The Kier molecular flexibility index (Phi) is 4.87. The van der Waals surface area contributed by atoms with Gasteiger partial charge in [0, 0.05) is 0 Å². The SMILES string of the molecule is C[I-]C(=[OH+])OCCC(C)(F)F. The summed E-state index contributed by atoms with van der Waals surface area (Å²) in [6.45, 7) is 0.720. The predicted molar refractivity (Wildman–Crippen MR) is 34.1 cm³/mol. The van der Waals surface area contributed by atoms with Gasteiger partial charge in [-0.1, -0.05) is 0 Å². The number of hydrogen-bond donors (Lipinski definition) is 0. The summed E-state index contributed by atoms with van der Waals surface area (Å²) in [5.41, 5.74) is 0. The van der Waals surface area contributed by atoms with Gasteiger partial charge in [-0.15, -0.1) is 0 Å². The molecule has 0 spiro atoms. The molecule has 0 atom stereocenters. The van der Waals surface area contributed by atoms with Crippen LogP contribution in [0.1, 0.15) is 13.3 Å². The van der Waals surface area contributed by atoms with Crippen LogP contribution in [0.2, 0.25) is 0 Å². The van der Waals surface area contributed by atoms with Crippen LogP contribution in [-0.4, -0.2) is 26.2 Å². The molecule has 0 bridgehead atoms. The Bertz CT molecular complexity index is 133. The topological polar surface area (TPSA) is 30.6 Å². The molecule has 0 aromatic rings. The van der Waals surface area contributed by atoms with E-state index in [1.807, 2.05) is 0 Å². The standard InChI is InChI=1S/C6H10F2IO2/c1-6(7,8)3-4-11-5(10)9-2/h3-4H2,1-2H3/q-1/p+1. The minimum atomic E-state index is -2.70. The van der Waals surface area contributed by atoms with E-state index in [2.05, 4.69) is 4.74 Å². The fraction of sp³-hybridized carbons (Fsp3) is 0.833. The van der Waals surface area contributed by atoms with E-state index in [0.29, 0.717) is 0 Å². The van der Waals surface area contributed by atoms with Crippen LogP contribution in [-0.2, 0) is 4.74 Å². The number of hydrogen-bond acceptors (Lipinski definition) is 1. The summed E-state index contributed by atoms with van der Waals surface area (Å²) in [6.07, 6.45) is -0.346. The van der Waals surface area contributed by atoms with Gasteiger partial charge in [-0.3, -0.25) is 0 Å². The Balaban J connectivity index is 3.35. The molecule has 0 heterocycles. The van der Waals surface area contributed by atoms with E-state index in [-0.39, 0.29) is 17.0 Å². The molecule has 0 amide bonds. The van der Waals surface area contributed by atoms with Crippen LogP contribution < -0.4 is 21.2 Å². The van der Waals surface area contributed by atoms with Gasteiger partial charge in [-0.25, -0.2) is 0 Å². The van der Waals surface area contributed by atoms with Gasteiger partial charge in [0.2, 0.25) is 0 Å². The first-order valence-corrected chi connectivity index (χ1v) is 6.25. The summed E-state index contributed by atoms with van der Waals surface area (Å²) < 4.78 is 28.8. The summed E-state index contributed by atoms with van der Waals surface area (Å²) in [4.78, 5) is 10.5. The van der Waals surface area contributed by atoms with E-state index < -0.39 is 27.1 Å². The van der Waals surface area contributed by atoms with E-state index in [4.69, 9.17) is 4.79 Å². The maximum absolute atomic E-state index is 12.1. The summed E-state index contributed by atoms with van der Waals surface area (Å²) >= 11 is -0.499. The maximum atomic E-state index is 12.1. The molecule has 0 aromatic heterocycles. The molecule has 0 aliphatic carbocycles. The van der Waals surface area contributed by atoms with Crippen molar-refractivity contribution in [2.75, 3.05) is 11.5 Å². The van der Waals surface area contributed by atoms with Gasteiger partial charge in [0.05, 0.1) is 0 Å². The first kappa shape index (κ1) is 11.1. The molecule has 0 aliphatic heterocycles. The molecule has 0 unspecified atom stereocenters. The molecule has 68 valence electrons. The van der Waals surface area contributed by atoms with Crippen LogP contribution in [0, 0.1) is 0 Å². The van der Waals surface area contributed by atoms with Crippen LogP contribution in [0.3, 0.4) is 0 Å². The molecule has 0 saturated heterocycles. The van der Waals surface area contributed by atoms with E-state index in [0.717, 1.165) is 6.92 Å². The Hall–Kier alpha value is 0.0600. The van der Waals surface area contributed by atoms with Gasteiger partial charge in [0.25, 0.3) is 0 Å². The zero-order valence-corrected chi connectivity index (χ0v) is 8.56. The Morgan fingerprint density at radius 1 is 1.64 bits per heavy atom. The van der Waals surface area contributed by atoms with Gasteiger partial charge in [-0.05, 0) is 0 Å². The number of alkyl halides is 3. The summed E-state index contributed by atoms with van der Waals surface area (Å²) in [6, 6.07) is 0. The monoisotopic (exact) mass is 280 g/mol. The molecule has 0 aliphatic rings. The van der Waals surface area contributed by atoms with Crippen molar-refractivity contribution in [1.82, 2.24) is 0 Å². The van der Waals surface area contributed by atoms with Crippen LogP contribution >= 0.6 is 0 Å². The van der Waals surface area contributed by atoms with Gasteiger partial charge >= 0.3 is 74.3 Å². The number of carbonyl (C=O) groups excluding carboxylic acids is 1. The Morgan fingerprint density at radius 2 is 2.18 bits per heavy atom. The average Bonchev–Trinajstić information content (AvgIpc) is 1.85. The summed E-state index contributed by atoms with van der Waals surface area (Å²) in [7, 11) is 0. The predicted octanol–water partition coefficient (Wildman–Crippen LogP) is -1.77. The zero-order valence-electron chi connectivity index (χ0n) is 6.40. The third kappa shape index (κ3) is 7.96. The van der Waals surface area contributed by atoms with E-state index in [1.54, 1.807) is 4.93 Å². The Labute approximate surface area is 74.6 Å². The molecule has 0 fully saturated rings. The second-order valence-electron chi connectivity index (χ2n) is 2.11. The van der Waals surface area contributed by atoms with Gasteiger partial charge in [0.1, 0.15) is 0 Å². The van der Waals surface area contributed by atoms with Crippen molar-refractivity contribution in [3.63, 3.8) is 0 Å². The quantitative estimate of drug-likeness (QED) is 0.259. The molecule has 1 N–H and O–H groups in total. The van der Waals surface area contributed by atoms with Crippen molar-refractivity contribution in [1.29, 1.82) is 0 Å². The number of halogens is 3. The van der Waals surface area contributed by atoms with Crippen molar-refractivity contribution in [3.05, 3.63) is 0 Å². The number of ether oxygens (including phenoxy) is 1. The second-order valence-corrected chi connectivity index (χ2v) is 4.11. The van der Waals surface area contributed by atoms with Gasteiger partial charge in [-0.2, -0.15) is 0 Å². The van der Waals surface area contributed by atoms with Crippen molar-refractivity contribution in [2.24, 2.45) is 0 Å². The number of rotatable bonds is 4. The molecule has 0 radical (unpaired) electrons. The van der Waals surface area contributed by atoms with Crippen molar-refractivity contribution in [2.45, 2.75) is 19.3 Å². The first-order valence-electron chi connectivity index (χ1n) is 3.01. The molecular formula is C6H11F2IO2. The summed E-state index contributed by atoms with van der Waals surface area (Å²) in [5, 5.41) is 0. The molecule has 0 aromatic carbocycles. The Morgan fingerprint density at radius 3 is 2.55 bits per heavy atom. The van der Waals surface area contributed by atoms with Crippen molar-refractivity contribution < 1.29 is 39.5 Å². The van der Waals surface area contributed by atoms with Crippen LogP contribution in [0.5, 0.6) is 0 Å². The normalized spacial score (nSPS) is 11.6. The fourth-order valence-corrected chi connectivity index (χ4v) is 0.901. The van der Waals surface area contributed by atoms with Crippen LogP contribution in [0.25, 0.3) is 0 Å². The first-order chi connectivity index (χ1) is 4.95. The van der Waals surface area contributed by atoms with Gasteiger partial charge < -0.3 is 0 Å². The fourth-order valence-electron chi connectivity index (χ4n) is 0.369. The molecule has 2 nitrogen and oxygen atoms in total. The van der Waals surface area contributed by atoms with E-state index in [1.165, 1.54) is 0 Å². The van der Waals surface area contributed by atoms with Crippen molar-refractivity contribution in [3.8, 4) is 0 Å². The summed E-state index contributed by atoms with van der Waals surface area (Å²) in [5.74, 6) is -2.70. The third-order valence-electron chi connectivity index (χ3n) is 0.924. The zero-order chi connectivity index (χ0) is 8.91. The van der Waals surface area contributed by atoms with E-state index in [9.17, 15) is 8.78 Å². The van der Waals surface area contributed by atoms with Gasteiger partial charge in [0.15, 0.2) is 0 Å². The van der Waals surface area contributed by atoms with Crippen molar-refractivity contribution >= 4 is 3.98 Å². The van der Waals surface area contributed by atoms with E-state index >= 15 is 0 Å². The molecule has 0 saturated carbocycles. The molecule has 0 rings (SSSR count). The second kappa shape index (κ2) is 4.84. The molecule has 5 heteroatoms. The molecule has 11 heavy (non-hydrogen) atoms. The van der Waals surface area contributed by atoms with Crippen LogP contribution in [0.4, 0.5) is 8.78 Å². The van der Waals surface area contributed by atoms with Crippen LogP contribution in [0.15, 0.2) is 0 Å². The average molecular weight is 280 g/mol. The third-order valence-corrected chi connectivity index (χ3v) is 2.16.